The van der Waals surface area contributed by atoms with Crippen LogP contribution in [0.1, 0.15) is 36.6 Å². The summed E-state index contributed by atoms with van der Waals surface area (Å²) in [5, 5.41) is 3.30. The van der Waals surface area contributed by atoms with Crippen molar-refractivity contribution in [3.8, 4) is 0 Å². The summed E-state index contributed by atoms with van der Waals surface area (Å²) < 4.78 is 5.71. The fourth-order valence-electron chi connectivity index (χ4n) is 1.97. The Labute approximate surface area is 115 Å². The van der Waals surface area contributed by atoms with Gasteiger partial charge in [0, 0.05) is 12.5 Å². The summed E-state index contributed by atoms with van der Waals surface area (Å²) in [7, 11) is 0. The highest BCUT2D eigenvalue weighted by molar-refractivity contribution is 5.22. The van der Waals surface area contributed by atoms with E-state index in [0.29, 0.717) is 12.6 Å². The molecule has 0 atom stereocenters. The normalized spacial score (nSPS) is 11.2. The molecule has 102 valence electrons. The molecule has 1 heterocycles. The van der Waals surface area contributed by atoms with Gasteiger partial charge in [-0.25, -0.2) is 4.98 Å². The molecule has 0 bridgehead atoms. The molecule has 0 aliphatic rings. The van der Waals surface area contributed by atoms with Gasteiger partial charge in [0.25, 0.3) is 0 Å². The van der Waals surface area contributed by atoms with Crippen molar-refractivity contribution >= 4 is 0 Å². The second kappa shape index (κ2) is 6.53. The minimum Gasteiger partial charge on any atom is -0.444 e. The Hall–Kier alpha value is -1.61. The topological polar surface area (TPSA) is 38.1 Å². The molecule has 0 unspecified atom stereocenters. The fraction of sp³-hybridized carbons (Fsp3) is 0.438. The Balaban J connectivity index is 1.86. The van der Waals surface area contributed by atoms with Gasteiger partial charge >= 0.3 is 0 Å². The van der Waals surface area contributed by atoms with Gasteiger partial charge in [-0.15, -0.1) is 0 Å². The number of aromatic nitrogens is 1. The van der Waals surface area contributed by atoms with Gasteiger partial charge in [0.2, 0.25) is 5.89 Å². The lowest BCUT2D eigenvalue weighted by Crippen LogP contribution is -2.21. The smallest absolute Gasteiger partial charge is 0.208 e. The zero-order valence-corrected chi connectivity index (χ0v) is 11.9. The Morgan fingerprint density at radius 3 is 2.84 bits per heavy atom. The number of benzene rings is 1. The molecule has 1 N–H and O–H groups in total. The summed E-state index contributed by atoms with van der Waals surface area (Å²) in [4.78, 5) is 4.29. The molecule has 0 radical (unpaired) electrons. The maximum absolute atomic E-state index is 5.71. The molecule has 0 aliphatic heterocycles. The van der Waals surface area contributed by atoms with E-state index < -0.39 is 0 Å². The van der Waals surface area contributed by atoms with E-state index in [1.807, 2.05) is 6.20 Å². The summed E-state index contributed by atoms with van der Waals surface area (Å²) in [5.74, 6) is 1.73. The molecule has 0 saturated carbocycles. The van der Waals surface area contributed by atoms with E-state index in [1.54, 1.807) is 0 Å². The molecule has 0 amide bonds. The first-order chi connectivity index (χ1) is 9.13. The van der Waals surface area contributed by atoms with Crippen molar-refractivity contribution in [1.29, 1.82) is 0 Å². The van der Waals surface area contributed by atoms with Crippen LogP contribution in [0.25, 0.3) is 0 Å². The molecule has 0 saturated heterocycles. The quantitative estimate of drug-likeness (QED) is 0.864. The Kier molecular flexibility index (Phi) is 4.74. The predicted octanol–water partition coefficient (Wildman–Crippen LogP) is 3.27. The molecule has 3 nitrogen and oxygen atoms in total. The first kappa shape index (κ1) is 13.8. The van der Waals surface area contributed by atoms with E-state index in [0.717, 1.165) is 24.5 Å². The molecular formula is C16H22N2O. The van der Waals surface area contributed by atoms with Crippen LogP contribution in [0.15, 0.2) is 34.9 Å². The van der Waals surface area contributed by atoms with E-state index in [-0.39, 0.29) is 0 Å². The lowest BCUT2D eigenvalue weighted by atomic mass is 10.1. The van der Waals surface area contributed by atoms with Gasteiger partial charge in [-0.2, -0.15) is 0 Å². The minimum atomic E-state index is 0.447. The average molecular weight is 258 g/mol. The van der Waals surface area contributed by atoms with Crippen molar-refractivity contribution in [3.63, 3.8) is 0 Å². The number of hydrogen-bond acceptors (Lipinski definition) is 3. The van der Waals surface area contributed by atoms with Crippen molar-refractivity contribution in [2.75, 3.05) is 0 Å². The second-order valence-corrected chi connectivity index (χ2v) is 5.24. The van der Waals surface area contributed by atoms with Crippen LogP contribution in [0.4, 0.5) is 0 Å². The van der Waals surface area contributed by atoms with Crippen LogP contribution in [-0.4, -0.2) is 11.0 Å². The number of rotatable bonds is 6. The van der Waals surface area contributed by atoms with E-state index >= 15 is 0 Å². The molecule has 0 spiro atoms. The number of aryl methyl sites for hydroxylation is 3. The first-order valence-corrected chi connectivity index (χ1v) is 6.86. The predicted molar refractivity (Wildman–Crippen MR) is 77.1 cm³/mol. The lowest BCUT2D eigenvalue weighted by molar-refractivity contribution is 0.424. The zero-order chi connectivity index (χ0) is 13.7. The third-order valence-electron chi connectivity index (χ3n) is 3.01. The van der Waals surface area contributed by atoms with Crippen LogP contribution in [-0.2, 0) is 19.4 Å². The highest BCUT2D eigenvalue weighted by Gasteiger charge is 2.05. The van der Waals surface area contributed by atoms with Gasteiger partial charge < -0.3 is 9.73 Å². The largest absolute Gasteiger partial charge is 0.444 e. The van der Waals surface area contributed by atoms with E-state index in [1.165, 1.54) is 11.1 Å². The van der Waals surface area contributed by atoms with Gasteiger partial charge in [0.1, 0.15) is 5.76 Å². The molecule has 0 fully saturated rings. The Morgan fingerprint density at radius 1 is 1.26 bits per heavy atom. The maximum Gasteiger partial charge on any atom is 0.208 e. The van der Waals surface area contributed by atoms with Gasteiger partial charge in [-0.1, -0.05) is 43.7 Å². The first-order valence-electron chi connectivity index (χ1n) is 6.86. The fourth-order valence-corrected chi connectivity index (χ4v) is 1.97. The number of nitrogens with one attached hydrogen (secondary N) is 1. The minimum absolute atomic E-state index is 0.447. The second-order valence-electron chi connectivity index (χ2n) is 5.24. The molecule has 1 aromatic carbocycles. The van der Waals surface area contributed by atoms with E-state index in [9.17, 15) is 0 Å². The number of nitrogens with zero attached hydrogens (tertiary/aromatic N) is 1. The van der Waals surface area contributed by atoms with Crippen LogP contribution in [0, 0.1) is 6.92 Å². The number of hydrogen-bond donors (Lipinski definition) is 1. The third-order valence-corrected chi connectivity index (χ3v) is 3.01. The van der Waals surface area contributed by atoms with Crippen LogP contribution in [0.5, 0.6) is 0 Å². The molecule has 1 aromatic heterocycles. The van der Waals surface area contributed by atoms with Crippen molar-refractivity contribution < 1.29 is 4.42 Å². The van der Waals surface area contributed by atoms with Crippen LogP contribution >= 0.6 is 0 Å². The van der Waals surface area contributed by atoms with E-state index in [2.05, 4.69) is 55.3 Å². The summed E-state index contributed by atoms with van der Waals surface area (Å²) in [5.41, 5.74) is 2.65. The van der Waals surface area contributed by atoms with Crippen LogP contribution in [0.3, 0.4) is 0 Å². The van der Waals surface area contributed by atoms with Crippen molar-refractivity contribution in [3.05, 3.63) is 53.2 Å². The molecule has 3 heteroatoms. The highest BCUT2D eigenvalue weighted by atomic mass is 16.4. The van der Waals surface area contributed by atoms with Crippen molar-refractivity contribution in [2.24, 2.45) is 0 Å². The molecule has 2 rings (SSSR count). The van der Waals surface area contributed by atoms with E-state index in [4.69, 9.17) is 4.42 Å². The zero-order valence-electron chi connectivity index (χ0n) is 11.9. The van der Waals surface area contributed by atoms with Gasteiger partial charge in [-0.05, 0) is 18.9 Å². The van der Waals surface area contributed by atoms with Gasteiger partial charge in [-0.3, -0.25) is 0 Å². The monoisotopic (exact) mass is 258 g/mol. The van der Waals surface area contributed by atoms with Crippen LogP contribution in [0.2, 0.25) is 0 Å². The van der Waals surface area contributed by atoms with Crippen molar-refractivity contribution in [2.45, 2.75) is 46.2 Å². The standard InChI is InChI=1S/C16H22N2O/c1-12(2)17-11-16-18-10-15(19-16)8-7-14-6-4-5-13(3)9-14/h4-6,9-10,12,17H,7-8,11H2,1-3H3. The van der Waals surface area contributed by atoms with Crippen LogP contribution < -0.4 is 5.32 Å². The molecule has 19 heavy (non-hydrogen) atoms. The lowest BCUT2D eigenvalue weighted by Gasteiger charge is -2.04. The van der Waals surface area contributed by atoms with Gasteiger partial charge in [0.05, 0.1) is 12.7 Å². The Morgan fingerprint density at radius 2 is 2.11 bits per heavy atom. The molecule has 0 aliphatic carbocycles. The van der Waals surface area contributed by atoms with Crippen molar-refractivity contribution in [1.82, 2.24) is 10.3 Å². The summed E-state index contributed by atoms with van der Waals surface area (Å²) in [6.45, 7) is 7.04. The third kappa shape index (κ3) is 4.52. The average Bonchev–Trinajstić information content (AvgIpc) is 2.82. The Bertz CT molecular complexity index is 517. The summed E-state index contributed by atoms with van der Waals surface area (Å²) in [6, 6.07) is 9.04. The van der Waals surface area contributed by atoms with Gasteiger partial charge in [0.15, 0.2) is 0 Å². The summed E-state index contributed by atoms with van der Waals surface area (Å²) >= 11 is 0. The summed E-state index contributed by atoms with van der Waals surface area (Å²) in [6.07, 6.45) is 3.74. The highest BCUT2D eigenvalue weighted by Crippen LogP contribution is 2.10. The SMILES string of the molecule is Cc1cccc(CCc2cnc(CNC(C)C)o2)c1. The molecular weight excluding hydrogens is 236 g/mol. The number of oxazole rings is 1. The molecule has 2 aromatic rings. The maximum atomic E-state index is 5.71.